The van der Waals surface area contributed by atoms with Crippen LogP contribution in [0.15, 0.2) is 24.3 Å². The number of nitrogens with one attached hydrogen (secondary N) is 1. The predicted octanol–water partition coefficient (Wildman–Crippen LogP) is 1.52. The maximum atomic E-state index is 12.3. The molecule has 1 aliphatic heterocycles. The quantitative estimate of drug-likeness (QED) is 0.904. The van der Waals surface area contributed by atoms with Gasteiger partial charge in [0.1, 0.15) is 6.54 Å². The van der Waals surface area contributed by atoms with Gasteiger partial charge in [0.2, 0.25) is 5.91 Å². The molecule has 0 aromatic heterocycles. The fraction of sp³-hybridized carbons (Fsp3) is 0.467. The number of nitrogens with zero attached hydrogens (tertiary/aromatic N) is 2. The van der Waals surface area contributed by atoms with Gasteiger partial charge in [-0.3, -0.25) is 9.69 Å². The number of urea groups is 1. The van der Waals surface area contributed by atoms with Crippen LogP contribution in [-0.2, 0) is 4.79 Å². The van der Waals surface area contributed by atoms with E-state index in [4.69, 9.17) is 0 Å². The van der Waals surface area contributed by atoms with Crippen LogP contribution < -0.4 is 10.2 Å². The Bertz CT molecular complexity index is 522. The van der Waals surface area contributed by atoms with E-state index in [1.807, 2.05) is 31.2 Å². The van der Waals surface area contributed by atoms with Crippen molar-refractivity contribution in [3.63, 3.8) is 0 Å². The molecule has 3 rings (SSSR count). The van der Waals surface area contributed by atoms with Gasteiger partial charge in [-0.05, 0) is 31.9 Å². The third kappa shape index (κ3) is 2.76. The van der Waals surface area contributed by atoms with Crippen molar-refractivity contribution in [2.75, 3.05) is 24.5 Å². The summed E-state index contributed by atoms with van der Waals surface area (Å²) in [6.45, 7) is 3.42. The number of carbonyl (C=O) groups excluding carboxylic acids is 2. The highest BCUT2D eigenvalue weighted by atomic mass is 16.2. The largest absolute Gasteiger partial charge is 0.352 e. The predicted molar refractivity (Wildman–Crippen MR) is 76.7 cm³/mol. The second-order valence-electron chi connectivity index (χ2n) is 5.53. The molecule has 2 aliphatic rings. The number of hydrogen-bond acceptors (Lipinski definition) is 2. The summed E-state index contributed by atoms with van der Waals surface area (Å²) in [5, 5.41) is 2.91. The summed E-state index contributed by atoms with van der Waals surface area (Å²) in [5.74, 6) is -0.0494. The van der Waals surface area contributed by atoms with E-state index in [1.54, 1.807) is 9.80 Å². The first kappa shape index (κ1) is 13.0. The van der Waals surface area contributed by atoms with E-state index >= 15 is 0 Å². The fourth-order valence-electron chi connectivity index (χ4n) is 2.37. The highest BCUT2D eigenvalue weighted by molar-refractivity contribution is 5.96. The molecule has 1 heterocycles. The Balaban J connectivity index is 1.61. The summed E-state index contributed by atoms with van der Waals surface area (Å²) in [4.78, 5) is 27.4. The summed E-state index contributed by atoms with van der Waals surface area (Å²) in [6.07, 6.45) is 2.13. The third-order valence-electron chi connectivity index (χ3n) is 3.72. The highest BCUT2D eigenvalue weighted by Gasteiger charge is 2.32. The maximum Gasteiger partial charge on any atom is 0.325 e. The Labute approximate surface area is 118 Å². The van der Waals surface area contributed by atoms with Crippen molar-refractivity contribution in [2.45, 2.75) is 25.8 Å². The maximum absolute atomic E-state index is 12.3. The Kier molecular flexibility index (Phi) is 3.34. The summed E-state index contributed by atoms with van der Waals surface area (Å²) < 4.78 is 0. The number of hydrogen-bond donors (Lipinski definition) is 1. The molecule has 3 amide bonds. The van der Waals surface area contributed by atoms with Gasteiger partial charge in [-0.2, -0.15) is 0 Å². The lowest BCUT2D eigenvalue weighted by molar-refractivity contribution is -0.121. The first-order chi connectivity index (χ1) is 9.63. The first-order valence-corrected chi connectivity index (χ1v) is 7.06. The standard InChI is InChI=1S/C15H19N3O2/c1-11-2-6-13(7-3-11)18-9-8-17(15(18)20)10-14(19)16-12-4-5-12/h2-3,6-7,12H,4-5,8-10H2,1H3,(H,16,19). The van der Waals surface area contributed by atoms with E-state index in [-0.39, 0.29) is 18.5 Å². The van der Waals surface area contributed by atoms with Crippen molar-refractivity contribution >= 4 is 17.6 Å². The average Bonchev–Trinajstić information content (AvgIpc) is 3.16. The molecule has 0 atom stereocenters. The molecule has 1 aromatic carbocycles. The normalized spacial score (nSPS) is 18.6. The minimum Gasteiger partial charge on any atom is -0.352 e. The molecule has 106 valence electrons. The van der Waals surface area contributed by atoms with Crippen LogP contribution in [0.3, 0.4) is 0 Å². The minimum absolute atomic E-state index is 0.0494. The van der Waals surface area contributed by atoms with Crippen molar-refractivity contribution < 1.29 is 9.59 Å². The van der Waals surface area contributed by atoms with Crippen LogP contribution >= 0.6 is 0 Å². The Hall–Kier alpha value is -2.04. The lowest BCUT2D eigenvalue weighted by Crippen LogP contribution is -2.40. The molecule has 5 heteroatoms. The number of aryl methyl sites for hydroxylation is 1. The number of amides is 3. The molecule has 5 nitrogen and oxygen atoms in total. The van der Waals surface area contributed by atoms with E-state index in [0.717, 1.165) is 18.5 Å². The van der Waals surface area contributed by atoms with Gasteiger partial charge in [0.15, 0.2) is 0 Å². The molecule has 0 spiro atoms. The Morgan fingerprint density at radius 2 is 1.95 bits per heavy atom. The number of anilines is 1. The molecule has 2 fully saturated rings. The first-order valence-electron chi connectivity index (χ1n) is 7.06. The number of carbonyl (C=O) groups is 2. The van der Waals surface area contributed by atoms with Crippen LogP contribution in [0.5, 0.6) is 0 Å². The van der Waals surface area contributed by atoms with Gasteiger partial charge in [-0.1, -0.05) is 17.7 Å². The van der Waals surface area contributed by atoms with Crippen molar-refractivity contribution in [1.82, 2.24) is 10.2 Å². The topological polar surface area (TPSA) is 52.6 Å². The minimum atomic E-state index is -0.0835. The van der Waals surface area contributed by atoms with Gasteiger partial charge in [-0.25, -0.2) is 4.79 Å². The van der Waals surface area contributed by atoms with Crippen LogP contribution in [0.25, 0.3) is 0 Å². The van der Waals surface area contributed by atoms with E-state index < -0.39 is 0 Å². The number of rotatable bonds is 4. The van der Waals surface area contributed by atoms with Gasteiger partial charge < -0.3 is 10.2 Å². The number of benzene rings is 1. The van der Waals surface area contributed by atoms with Gasteiger partial charge in [0.25, 0.3) is 0 Å². The monoisotopic (exact) mass is 273 g/mol. The fourth-order valence-corrected chi connectivity index (χ4v) is 2.37. The van der Waals surface area contributed by atoms with Crippen molar-refractivity contribution in [2.24, 2.45) is 0 Å². The van der Waals surface area contributed by atoms with Crippen LogP contribution in [0, 0.1) is 6.92 Å². The van der Waals surface area contributed by atoms with Crippen molar-refractivity contribution in [3.05, 3.63) is 29.8 Å². The summed E-state index contributed by atoms with van der Waals surface area (Å²) in [7, 11) is 0. The zero-order chi connectivity index (χ0) is 14.1. The molecule has 1 saturated heterocycles. The Morgan fingerprint density at radius 3 is 2.60 bits per heavy atom. The molecule has 1 aromatic rings. The molecule has 0 unspecified atom stereocenters. The molecular formula is C15H19N3O2. The van der Waals surface area contributed by atoms with Gasteiger partial charge >= 0.3 is 6.03 Å². The van der Waals surface area contributed by atoms with Crippen LogP contribution in [0.2, 0.25) is 0 Å². The van der Waals surface area contributed by atoms with E-state index in [0.29, 0.717) is 19.1 Å². The molecule has 1 N–H and O–H groups in total. The molecule has 0 radical (unpaired) electrons. The Morgan fingerprint density at radius 1 is 1.25 bits per heavy atom. The SMILES string of the molecule is Cc1ccc(N2CCN(CC(=O)NC3CC3)C2=O)cc1. The van der Waals surface area contributed by atoms with E-state index in [2.05, 4.69) is 5.32 Å². The summed E-state index contributed by atoms with van der Waals surface area (Å²) >= 11 is 0. The smallest absolute Gasteiger partial charge is 0.325 e. The second kappa shape index (κ2) is 5.15. The molecule has 1 saturated carbocycles. The van der Waals surface area contributed by atoms with Crippen LogP contribution in [0.1, 0.15) is 18.4 Å². The lowest BCUT2D eigenvalue weighted by Gasteiger charge is -2.18. The van der Waals surface area contributed by atoms with Crippen LogP contribution in [-0.4, -0.2) is 42.5 Å². The van der Waals surface area contributed by atoms with Gasteiger partial charge in [-0.15, -0.1) is 0 Å². The van der Waals surface area contributed by atoms with E-state index in [1.165, 1.54) is 5.56 Å². The molecule has 0 bridgehead atoms. The summed E-state index contributed by atoms with van der Waals surface area (Å²) in [5.41, 5.74) is 2.06. The van der Waals surface area contributed by atoms with Gasteiger partial charge in [0.05, 0.1) is 0 Å². The molecule has 1 aliphatic carbocycles. The van der Waals surface area contributed by atoms with Crippen molar-refractivity contribution in [3.8, 4) is 0 Å². The molecular weight excluding hydrogens is 254 g/mol. The third-order valence-corrected chi connectivity index (χ3v) is 3.72. The average molecular weight is 273 g/mol. The zero-order valence-electron chi connectivity index (χ0n) is 11.6. The van der Waals surface area contributed by atoms with Crippen molar-refractivity contribution in [1.29, 1.82) is 0 Å². The zero-order valence-corrected chi connectivity index (χ0v) is 11.6. The molecule has 20 heavy (non-hydrogen) atoms. The van der Waals surface area contributed by atoms with Gasteiger partial charge in [0, 0.05) is 24.8 Å². The lowest BCUT2D eigenvalue weighted by atomic mass is 10.2. The summed E-state index contributed by atoms with van der Waals surface area (Å²) in [6, 6.07) is 8.13. The highest BCUT2D eigenvalue weighted by Crippen LogP contribution is 2.21. The van der Waals surface area contributed by atoms with Crippen LogP contribution in [0.4, 0.5) is 10.5 Å². The second-order valence-corrected chi connectivity index (χ2v) is 5.53. The van der Waals surface area contributed by atoms with E-state index in [9.17, 15) is 9.59 Å².